The van der Waals surface area contributed by atoms with Crippen LogP contribution in [0.1, 0.15) is 18.6 Å². The second-order valence-corrected chi connectivity index (χ2v) is 5.15. The fourth-order valence-corrected chi connectivity index (χ4v) is 2.26. The molecule has 2 heterocycles. The van der Waals surface area contributed by atoms with Crippen molar-refractivity contribution < 1.29 is 9.13 Å². The molecule has 20 heavy (non-hydrogen) atoms. The Morgan fingerprint density at radius 3 is 2.95 bits per heavy atom. The third-order valence-electron chi connectivity index (χ3n) is 2.91. The van der Waals surface area contributed by atoms with E-state index in [-0.39, 0.29) is 11.9 Å². The average Bonchev–Trinajstić information content (AvgIpc) is 2.80. The molecule has 0 saturated heterocycles. The number of fused-ring (bicyclic) bond motifs is 1. The van der Waals surface area contributed by atoms with Crippen LogP contribution in [0.5, 0.6) is 5.88 Å². The van der Waals surface area contributed by atoms with Gasteiger partial charge < -0.3 is 4.74 Å². The number of hydrogen-bond acceptors (Lipinski definition) is 3. The van der Waals surface area contributed by atoms with Crippen LogP contribution >= 0.6 is 15.9 Å². The third-order valence-corrected chi connectivity index (χ3v) is 3.45. The van der Waals surface area contributed by atoms with Gasteiger partial charge in [0.15, 0.2) is 5.65 Å². The molecule has 102 valence electrons. The summed E-state index contributed by atoms with van der Waals surface area (Å²) in [5.41, 5.74) is 1.49. The molecule has 3 aromatic rings. The van der Waals surface area contributed by atoms with Gasteiger partial charge in [-0.15, -0.1) is 5.10 Å². The number of imidazole rings is 1. The summed E-state index contributed by atoms with van der Waals surface area (Å²) in [5, 5.41) is 4.31. The van der Waals surface area contributed by atoms with Crippen molar-refractivity contribution in [3.05, 3.63) is 58.6 Å². The highest BCUT2D eigenvalue weighted by Crippen LogP contribution is 2.21. The molecule has 6 heteroatoms. The maximum absolute atomic E-state index is 13.2. The van der Waals surface area contributed by atoms with E-state index < -0.39 is 0 Å². The van der Waals surface area contributed by atoms with Crippen LogP contribution in [0.3, 0.4) is 0 Å². The zero-order chi connectivity index (χ0) is 14.1. The van der Waals surface area contributed by atoms with Crippen molar-refractivity contribution >= 4 is 21.6 Å². The first-order chi connectivity index (χ1) is 9.63. The summed E-state index contributed by atoms with van der Waals surface area (Å²) in [6, 6.07) is 9.89. The molecule has 1 aromatic carbocycles. The van der Waals surface area contributed by atoms with Gasteiger partial charge in [0, 0.05) is 6.07 Å². The first-order valence-corrected chi connectivity index (χ1v) is 6.85. The van der Waals surface area contributed by atoms with Crippen molar-refractivity contribution in [3.8, 4) is 5.88 Å². The molecule has 0 unspecified atom stereocenters. The van der Waals surface area contributed by atoms with E-state index in [2.05, 4.69) is 26.0 Å². The summed E-state index contributed by atoms with van der Waals surface area (Å²) >= 11 is 3.35. The molecular weight excluding hydrogens is 325 g/mol. The molecule has 0 radical (unpaired) electrons. The number of nitrogens with zero attached hydrogens (tertiary/aromatic N) is 3. The maximum atomic E-state index is 13.2. The van der Waals surface area contributed by atoms with Crippen LogP contribution < -0.4 is 4.74 Å². The van der Waals surface area contributed by atoms with E-state index in [0.29, 0.717) is 5.88 Å². The molecule has 0 aliphatic rings. The summed E-state index contributed by atoms with van der Waals surface area (Å²) in [4.78, 5) is 4.16. The van der Waals surface area contributed by atoms with Crippen molar-refractivity contribution in [1.29, 1.82) is 0 Å². The minimum Gasteiger partial charge on any atom is -0.469 e. The minimum atomic E-state index is -0.294. The molecule has 1 atom stereocenters. The van der Waals surface area contributed by atoms with Crippen LogP contribution in [0, 0.1) is 5.82 Å². The molecule has 0 spiro atoms. The number of ether oxygens (including phenoxy) is 1. The smallest absolute Gasteiger partial charge is 0.232 e. The molecule has 0 aliphatic heterocycles. The second kappa shape index (κ2) is 5.20. The molecule has 0 amide bonds. The SMILES string of the molecule is C[C@@H](Oc1ccc2ncc(Br)n2n1)c1cccc(F)c1. The average molecular weight is 336 g/mol. The van der Waals surface area contributed by atoms with Crippen molar-refractivity contribution in [3.63, 3.8) is 0 Å². The Labute approximate surface area is 123 Å². The summed E-state index contributed by atoms with van der Waals surface area (Å²) in [6.45, 7) is 1.85. The predicted molar refractivity (Wildman–Crippen MR) is 76.1 cm³/mol. The first-order valence-electron chi connectivity index (χ1n) is 6.06. The third kappa shape index (κ3) is 2.51. The van der Waals surface area contributed by atoms with Gasteiger partial charge in [0.25, 0.3) is 0 Å². The fraction of sp³-hybridized carbons (Fsp3) is 0.143. The van der Waals surface area contributed by atoms with Crippen LogP contribution in [0.15, 0.2) is 47.2 Å². The standard InChI is InChI=1S/C14H11BrFN3O/c1-9(10-3-2-4-11(16)7-10)20-14-6-5-13-17-8-12(15)19(13)18-14/h2-9H,1H3/t9-/m1/s1. The van der Waals surface area contributed by atoms with Crippen LogP contribution in [-0.2, 0) is 0 Å². The van der Waals surface area contributed by atoms with E-state index in [1.54, 1.807) is 22.8 Å². The Morgan fingerprint density at radius 2 is 2.15 bits per heavy atom. The number of rotatable bonds is 3. The molecule has 2 aromatic heterocycles. The van der Waals surface area contributed by atoms with E-state index in [4.69, 9.17) is 4.74 Å². The highest BCUT2D eigenvalue weighted by atomic mass is 79.9. The number of aromatic nitrogens is 3. The fourth-order valence-electron chi connectivity index (χ4n) is 1.90. The normalized spacial score (nSPS) is 12.6. The summed E-state index contributed by atoms with van der Waals surface area (Å²) in [5.74, 6) is 0.173. The lowest BCUT2D eigenvalue weighted by atomic mass is 10.1. The second-order valence-electron chi connectivity index (χ2n) is 4.34. The minimum absolute atomic E-state index is 0.279. The monoisotopic (exact) mass is 335 g/mol. The molecule has 3 rings (SSSR count). The molecule has 0 fully saturated rings. The van der Waals surface area contributed by atoms with E-state index in [0.717, 1.165) is 15.8 Å². The Balaban J connectivity index is 1.86. The first kappa shape index (κ1) is 13.1. The van der Waals surface area contributed by atoms with Gasteiger partial charge in [-0.3, -0.25) is 0 Å². The summed E-state index contributed by atoms with van der Waals surface area (Å²) in [6.07, 6.45) is 1.38. The Kier molecular flexibility index (Phi) is 3.40. The van der Waals surface area contributed by atoms with Crippen LogP contribution in [0.2, 0.25) is 0 Å². The molecule has 0 N–H and O–H groups in total. The van der Waals surface area contributed by atoms with Crippen molar-refractivity contribution in [1.82, 2.24) is 14.6 Å². The number of hydrogen-bond donors (Lipinski definition) is 0. The molecule has 4 nitrogen and oxygen atoms in total. The zero-order valence-corrected chi connectivity index (χ0v) is 12.2. The van der Waals surface area contributed by atoms with Crippen molar-refractivity contribution in [2.24, 2.45) is 0 Å². The van der Waals surface area contributed by atoms with Gasteiger partial charge in [0.1, 0.15) is 16.5 Å². The lowest BCUT2D eigenvalue weighted by molar-refractivity contribution is 0.213. The Hall–Kier alpha value is -1.95. The largest absolute Gasteiger partial charge is 0.469 e. The van der Waals surface area contributed by atoms with Crippen molar-refractivity contribution in [2.45, 2.75) is 13.0 Å². The lowest BCUT2D eigenvalue weighted by Crippen LogP contribution is -2.06. The summed E-state index contributed by atoms with van der Waals surface area (Å²) in [7, 11) is 0. The predicted octanol–water partition coefficient (Wildman–Crippen LogP) is 3.77. The van der Waals surface area contributed by atoms with Gasteiger partial charge in [-0.2, -0.15) is 0 Å². The van der Waals surface area contributed by atoms with Crippen LogP contribution in [0.4, 0.5) is 4.39 Å². The number of benzene rings is 1. The highest BCUT2D eigenvalue weighted by molar-refractivity contribution is 9.10. The van der Waals surface area contributed by atoms with Gasteiger partial charge in [0.2, 0.25) is 5.88 Å². The van der Waals surface area contributed by atoms with Gasteiger partial charge in [-0.25, -0.2) is 13.9 Å². The van der Waals surface area contributed by atoms with Gasteiger partial charge in [-0.1, -0.05) is 12.1 Å². The van der Waals surface area contributed by atoms with Gasteiger partial charge in [-0.05, 0) is 46.6 Å². The zero-order valence-electron chi connectivity index (χ0n) is 10.6. The quantitative estimate of drug-likeness (QED) is 0.731. The topological polar surface area (TPSA) is 39.4 Å². The van der Waals surface area contributed by atoms with E-state index in [1.165, 1.54) is 12.1 Å². The van der Waals surface area contributed by atoms with E-state index >= 15 is 0 Å². The highest BCUT2D eigenvalue weighted by Gasteiger charge is 2.10. The van der Waals surface area contributed by atoms with Crippen molar-refractivity contribution in [2.75, 3.05) is 0 Å². The van der Waals surface area contributed by atoms with Gasteiger partial charge >= 0.3 is 0 Å². The Morgan fingerprint density at radius 1 is 1.30 bits per heavy atom. The van der Waals surface area contributed by atoms with Crippen LogP contribution in [0.25, 0.3) is 5.65 Å². The number of halogens is 2. The maximum Gasteiger partial charge on any atom is 0.232 e. The lowest BCUT2D eigenvalue weighted by Gasteiger charge is -2.14. The van der Waals surface area contributed by atoms with E-state index in [9.17, 15) is 4.39 Å². The molecule has 0 saturated carbocycles. The molecule has 0 bridgehead atoms. The van der Waals surface area contributed by atoms with Gasteiger partial charge in [0.05, 0.1) is 6.20 Å². The molecular formula is C14H11BrFN3O. The Bertz CT molecular complexity index is 759. The van der Waals surface area contributed by atoms with Crippen LogP contribution in [-0.4, -0.2) is 14.6 Å². The molecule has 0 aliphatic carbocycles. The summed E-state index contributed by atoms with van der Waals surface area (Å²) < 4.78 is 21.3. The van der Waals surface area contributed by atoms with E-state index in [1.807, 2.05) is 19.1 Å².